The largest absolute Gasteiger partial charge is 0.313 e. The summed E-state index contributed by atoms with van der Waals surface area (Å²) in [6, 6.07) is 9.96. The van der Waals surface area contributed by atoms with Crippen LogP contribution in [0.5, 0.6) is 0 Å². The molecule has 1 unspecified atom stereocenters. The number of nitrogens with one attached hydrogen (secondary N) is 1. The molecule has 1 aliphatic carbocycles. The highest BCUT2D eigenvalue weighted by Crippen LogP contribution is 2.29. The van der Waals surface area contributed by atoms with Gasteiger partial charge in [-0.3, -0.25) is 0 Å². The van der Waals surface area contributed by atoms with Crippen LogP contribution in [-0.2, 0) is 6.42 Å². The van der Waals surface area contributed by atoms with Crippen molar-refractivity contribution in [3.63, 3.8) is 0 Å². The van der Waals surface area contributed by atoms with Crippen molar-refractivity contribution >= 4 is 0 Å². The van der Waals surface area contributed by atoms with Crippen LogP contribution in [-0.4, -0.2) is 7.05 Å². The smallest absolute Gasteiger partial charge is 0.0323 e. The van der Waals surface area contributed by atoms with Crippen molar-refractivity contribution in [2.24, 2.45) is 0 Å². The summed E-state index contributed by atoms with van der Waals surface area (Å²) in [6.45, 7) is 0. The van der Waals surface area contributed by atoms with E-state index in [2.05, 4.69) is 23.5 Å². The van der Waals surface area contributed by atoms with Crippen molar-refractivity contribution in [1.82, 2.24) is 5.32 Å². The van der Waals surface area contributed by atoms with Gasteiger partial charge in [0.2, 0.25) is 0 Å². The van der Waals surface area contributed by atoms with Crippen molar-refractivity contribution in [1.29, 1.82) is 0 Å². The van der Waals surface area contributed by atoms with Gasteiger partial charge in [0.25, 0.3) is 0 Å². The lowest BCUT2D eigenvalue weighted by atomic mass is 10.1. The summed E-state index contributed by atoms with van der Waals surface area (Å²) in [5.74, 6) is 0. The Morgan fingerprint density at radius 2 is 2.55 bits per heavy atom. The maximum Gasteiger partial charge on any atom is 0.0323 e. The van der Waals surface area contributed by atoms with Crippen LogP contribution in [0.2, 0.25) is 0 Å². The molecule has 0 spiro atoms. The summed E-state index contributed by atoms with van der Waals surface area (Å²) in [4.78, 5) is 0. The average molecular weight is 146 g/mol. The molecular weight excluding hydrogens is 134 g/mol. The summed E-state index contributed by atoms with van der Waals surface area (Å²) in [7, 11) is 2.02. The zero-order valence-corrected chi connectivity index (χ0v) is 6.72. The van der Waals surface area contributed by atoms with Gasteiger partial charge < -0.3 is 5.32 Å². The lowest BCUT2D eigenvalue weighted by Crippen LogP contribution is -2.12. The molecule has 0 bridgehead atoms. The summed E-state index contributed by atoms with van der Waals surface area (Å²) >= 11 is 0. The van der Waals surface area contributed by atoms with E-state index in [0.717, 1.165) is 0 Å². The molecule has 0 aliphatic heterocycles. The molecule has 1 heteroatoms. The van der Waals surface area contributed by atoms with Crippen molar-refractivity contribution in [2.45, 2.75) is 18.9 Å². The predicted octanol–water partition coefficient (Wildman–Crippen LogP) is 1.69. The van der Waals surface area contributed by atoms with Gasteiger partial charge in [0, 0.05) is 6.04 Å². The van der Waals surface area contributed by atoms with Gasteiger partial charge in [-0.25, -0.2) is 0 Å². The topological polar surface area (TPSA) is 12.0 Å². The number of benzene rings is 1. The molecular formula is C10H12N. The Labute approximate surface area is 67.4 Å². The molecule has 0 heterocycles. The zero-order valence-electron chi connectivity index (χ0n) is 6.72. The van der Waals surface area contributed by atoms with E-state index in [-0.39, 0.29) is 0 Å². The van der Waals surface area contributed by atoms with Gasteiger partial charge in [-0.2, -0.15) is 0 Å². The third-order valence-electron chi connectivity index (χ3n) is 2.41. The summed E-state index contributed by atoms with van der Waals surface area (Å²) in [6.07, 6.45) is 2.45. The standard InChI is InChI=1S/C10H12N/c1-11-10-7-6-8-4-2-3-5-9(8)10/h3-5,10-11H,6-7H2,1H3. The number of hydrogen-bond acceptors (Lipinski definition) is 1. The Kier molecular flexibility index (Phi) is 1.66. The predicted molar refractivity (Wildman–Crippen MR) is 45.4 cm³/mol. The van der Waals surface area contributed by atoms with E-state index in [4.69, 9.17) is 0 Å². The van der Waals surface area contributed by atoms with Crippen molar-refractivity contribution in [3.05, 3.63) is 35.4 Å². The van der Waals surface area contributed by atoms with Crippen molar-refractivity contribution < 1.29 is 0 Å². The minimum Gasteiger partial charge on any atom is -0.313 e. The van der Waals surface area contributed by atoms with Gasteiger partial charge in [0.05, 0.1) is 0 Å². The van der Waals surface area contributed by atoms with Crippen LogP contribution in [0.4, 0.5) is 0 Å². The second-order valence-electron chi connectivity index (χ2n) is 3.00. The third-order valence-corrected chi connectivity index (χ3v) is 2.41. The fourth-order valence-corrected chi connectivity index (χ4v) is 1.79. The molecule has 57 valence electrons. The maximum atomic E-state index is 3.31. The van der Waals surface area contributed by atoms with Gasteiger partial charge in [-0.1, -0.05) is 18.2 Å². The number of rotatable bonds is 1. The second kappa shape index (κ2) is 2.67. The maximum absolute atomic E-state index is 3.31. The Balaban J connectivity index is 2.39. The molecule has 1 N–H and O–H groups in total. The Morgan fingerprint density at radius 3 is 3.36 bits per heavy atom. The van der Waals surface area contributed by atoms with E-state index in [0.29, 0.717) is 6.04 Å². The first-order valence-electron chi connectivity index (χ1n) is 4.08. The molecule has 0 saturated heterocycles. The highest BCUT2D eigenvalue weighted by molar-refractivity contribution is 5.33. The van der Waals surface area contributed by atoms with Crippen LogP contribution in [0.15, 0.2) is 18.2 Å². The summed E-state index contributed by atoms with van der Waals surface area (Å²) in [5, 5.41) is 3.31. The molecule has 0 amide bonds. The van der Waals surface area contributed by atoms with E-state index in [1.807, 2.05) is 13.1 Å². The Morgan fingerprint density at radius 1 is 1.64 bits per heavy atom. The van der Waals surface area contributed by atoms with Crippen LogP contribution in [0.1, 0.15) is 23.6 Å². The number of fused-ring (bicyclic) bond motifs is 1. The van der Waals surface area contributed by atoms with E-state index in [1.165, 1.54) is 24.0 Å². The molecule has 11 heavy (non-hydrogen) atoms. The molecule has 2 rings (SSSR count). The first-order chi connectivity index (χ1) is 5.42. The Bertz CT molecular complexity index is 255. The first-order valence-corrected chi connectivity index (χ1v) is 4.08. The highest BCUT2D eigenvalue weighted by atomic mass is 14.9. The molecule has 0 saturated carbocycles. The highest BCUT2D eigenvalue weighted by Gasteiger charge is 2.19. The van der Waals surface area contributed by atoms with Crippen LogP contribution >= 0.6 is 0 Å². The monoisotopic (exact) mass is 146 g/mol. The van der Waals surface area contributed by atoms with Gasteiger partial charge in [-0.15, -0.1) is 0 Å². The molecule has 1 radical (unpaired) electrons. The Hall–Kier alpha value is -0.820. The minimum absolute atomic E-state index is 0.583. The van der Waals surface area contributed by atoms with Gasteiger partial charge in [0.1, 0.15) is 0 Å². The fraction of sp³-hybridized carbons (Fsp3) is 0.400. The lowest BCUT2D eigenvalue weighted by Gasteiger charge is -2.08. The van der Waals surface area contributed by atoms with Crippen LogP contribution in [0, 0.1) is 6.07 Å². The second-order valence-corrected chi connectivity index (χ2v) is 3.00. The average Bonchev–Trinajstić information content (AvgIpc) is 2.47. The van der Waals surface area contributed by atoms with Gasteiger partial charge >= 0.3 is 0 Å². The molecule has 1 aromatic carbocycles. The molecule has 1 aliphatic rings. The van der Waals surface area contributed by atoms with Crippen LogP contribution in [0.25, 0.3) is 0 Å². The van der Waals surface area contributed by atoms with Gasteiger partial charge in [-0.05, 0) is 37.1 Å². The molecule has 1 nitrogen and oxygen atoms in total. The normalized spacial score (nSPS) is 21.7. The SMILES string of the molecule is CNC1CCc2c[c]ccc21. The van der Waals surface area contributed by atoms with Crippen LogP contribution in [0.3, 0.4) is 0 Å². The lowest BCUT2D eigenvalue weighted by molar-refractivity contribution is 0.590. The first kappa shape index (κ1) is 6.86. The quantitative estimate of drug-likeness (QED) is 0.635. The number of hydrogen-bond donors (Lipinski definition) is 1. The number of aryl methyl sites for hydroxylation is 1. The molecule has 0 aromatic heterocycles. The van der Waals surface area contributed by atoms with E-state index < -0.39 is 0 Å². The fourth-order valence-electron chi connectivity index (χ4n) is 1.79. The van der Waals surface area contributed by atoms with E-state index in [9.17, 15) is 0 Å². The molecule has 1 atom stereocenters. The molecule has 0 fully saturated rings. The zero-order chi connectivity index (χ0) is 7.68. The third kappa shape index (κ3) is 1.05. The minimum atomic E-state index is 0.583. The van der Waals surface area contributed by atoms with Crippen LogP contribution < -0.4 is 5.32 Å². The van der Waals surface area contributed by atoms with Gasteiger partial charge in [0.15, 0.2) is 0 Å². The van der Waals surface area contributed by atoms with E-state index >= 15 is 0 Å². The summed E-state index contributed by atoms with van der Waals surface area (Å²) < 4.78 is 0. The molecule has 1 aromatic rings. The van der Waals surface area contributed by atoms with Crippen molar-refractivity contribution in [2.75, 3.05) is 7.05 Å². The summed E-state index contributed by atoms with van der Waals surface area (Å²) in [5.41, 5.74) is 2.93. The van der Waals surface area contributed by atoms with Crippen molar-refractivity contribution in [3.8, 4) is 0 Å². The van der Waals surface area contributed by atoms with E-state index in [1.54, 1.807) is 0 Å².